The molecule has 0 aliphatic heterocycles. The highest BCUT2D eigenvalue weighted by Crippen LogP contribution is 2.37. The van der Waals surface area contributed by atoms with E-state index in [1.165, 1.54) is 0 Å². The van der Waals surface area contributed by atoms with Gasteiger partial charge in [-0.05, 0) is 91.0 Å². The number of rotatable bonds is 9. The number of halogens is 5. The highest BCUT2D eigenvalue weighted by atomic mass is 127. The van der Waals surface area contributed by atoms with Crippen LogP contribution in [-0.2, 0) is 33.4 Å². The first-order chi connectivity index (χ1) is 15.2. The van der Waals surface area contributed by atoms with E-state index in [1.807, 2.05) is 0 Å². The van der Waals surface area contributed by atoms with Crippen molar-refractivity contribution in [3.63, 3.8) is 0 Å². The van der Waals surface area contributed by atoms with E-state index in [2.05, 4.69) is 5.32 Å². The molecular formula is C18H14Cl2I3NO9. The maximum absolute atomic E-state index is 13.1. The van der Waals surface area contributed by atoms with Crippen molar-refractivity contribution in [2.45, 2.75) is 33.0 Å². The fourth-order valence-corrected chi connectivity index (χ4v) is 7.82. The third-order valence-corrected chi connectivity index (χ3v) is 7.23. The second-order valence-corrected chi connectivity index (χ2v) is 10.0. The number of ether oxygens (including phenoxy) is 3. The third-order valence-electron chi connectivity index (χ3n) is 3.62. The van der Waals surface area contributed by atoms with Gasteiger partial charge in [0.1, 0.15) is 6.61 Å². The van der Waals surface area contributed by atoms with Crippen LogP contribution in [0.25, 0.3) is 0 Å². The van der Waals surface area contributed by atoms with Crippen molar-refractivity contribution >= 4 is 131 Å². The Bertz CT molecular complexity index is 991. The van der Waals surface area contributed by atoms with Crippen LogP contribution >= 0.6 is 91.0 Å². The molecule has 1 rings (SSSR count). The number of anilines is 1. The minimum absolute atomic E-state index is 0.0131. The highest BCUT2D eigenvalue weighted by molar-refractivity contribution is 14.1. The van der Waals surface area contributed by atoms with Gasteiger partial charge in [-0.25, -0.2) is 0 Å². The maximum atomic E-state index is 13.1. The molecule has 0 heterocycles. The molecule has 1 aromatic carbocycles. The van der Waals surface area contributed by atoms with Crippen molar-refractivity contribution in [1.29, 1.82) is 0 Å². The van der Waals surface area contributed by atoms with E-state index in [0.29, 0.717) is 0 Å². The normalized spacial score (nSPS) is 12.2. The molecule has 0 aliphatic rings. The van der Waals surface area contributed by atoms with Gasteiger partial charge in [0.2, 0.25) is 6.10 Å². The lowest BCUT2D eigenvalue weighted by molar-refractivity contribution is -0.175. The summed E-state index contributed by atoms with van der Waals surface area (Å²) >= 11 is 16.6. The highest BCUT2D eigenvalue weighted by Gasteiger charge is 2.36. The van der Waals surface area contributed by atoms with Gasteiger partial charge in [0.15, 0.2) is 6.10 Å². The lowest BCUT2D eigenvalue weighted by Crippen LogP contribution is -2.46. The number of carbonyl (C=O) groups excluding carboxylic acids is 6. The van der Waals surface area contributed by atoms with E-state index in [1.54, 1.807) is 67.8 Å². The molecule has 180 valence electrons. The zero-order chi connectivity index (χ0) is 25.6. The first kappa shape index (κ1) is 30.2. The average Bonchev–Trinajstić information content (AvgIpc) is 2.65. The SMILES string of the molecule is CC(=O)OCC(OC(C)=O)C(OC(C)=O)C(=O)Nc1c(I)c(C(=O)Cl)c(I)c(C(=O)Cl)c1I. The summed E-state index contributed by atoms with van der Waals surface area (Å²) in [5.41, 5.74) is -0.156. The van der Waals surface area contributed by atoms with Crippen LogP contribution in [0.3, 0.4) is 0 Å². The van der Waals surface area contributed by atoms with Gasteiger partial charge in [-0.3, -0.25) is 28.8 Å². The van der Waals surface area contributed by atoms with Crippen molar-refractivity contribution in [1.82, 2.24) is 0 Å². The van der Waals surface area contributed by atoms with E-state index in [-0.39, 0.29) is 27.5 Å². The Balaban J connectivity index is 3.57. The minimum atomic E-state index is -1.75. The van der Waals surface area contributed by atoms with Crippen LogP contribution in [0.1, 0.15) is 41.5 Å². The lowest BCUT2D eigenvalue weighted by atomic mass is 10.1. The van der Waals surface area contributed by atoms with Gasteiger partial charge in [-0.15, -0.1) is 0 Å². The molecule has 2 atom stereocenters. The molecule has 0 saturated heterocycles. The zero-order valence-electron chi connectivity index (χ0n) is 16.9. The first-order valence-corrected chi connectivity index (χ1v) is 12.6. The number of benzene rings is 1. The maximum Gasteiger partial charge on any atom is 0.303 e. The summed E-state index contributed by atoms with van der Waals surface area (Å²) in [4.78, 5) is 71.4. The molecule has 1 amide bonds. The number of esters is 3. The van der Waals surface area contributed by atoms with Crippen molar-refractivity contribution in [3.05, 3.63) is 21.8 Å². The molecule has 1 N–H and O–H groups in total. The van der Waals surface area contributed by atoms with Gasteiger partial charge in [0.25, 0.3) is 16.4 Å². The molecule has 0 bridgehead atoms. The minimum Gasteiger partial charge on any atom is -0.462 e. The van der Waals surface area contributed by atoms with Crippen LogP contribution in [0.5, 0.6) is 0 Å². The number of hydrogen-bond acceptors (Lipinski definition) is 9. The fraction of sp³-hybridized carbons (Fsp3) is 0.333. The van der Waals surface area contributed by atoms with Crippen LogP contribution in [-0.4, -0.2) is 53.1 Å². The molecule has 33 heavy (non-hydrogen) atoms. The smallest absolute Gasteiger partial charge is 0.303 e. The Labute approximate surface area is 238 Å². The molecule has 0 aromatic heterocycles. The average molecular weight is 840 g/mol. The monoisotopic (exact) mass is 839 g/mol. The fourth-order valence-electron chi connectivity index (χ4n) is 2.39. The molecule has 15 heteroatoms. The van der Waals surface area contributed by atoms with Gasteiger partial charge < -0.3 is 19.5 Å². The van der Waals surface area contributed by atoms with E-state index in [0.717, 1.165) is 20.8 Å². The Kier molecular flexibility index (Phi) is 12.2. The molecule has 0 aliphatic carbocycles. The van der Waals surface area contributed by atoms with Crippen molar-refractivity contribution in [3.8, 4) is 0 Å². The number of carbonyl (C=O) groups is 6. The summed E-state index contributed by atoms with van der Waals surface area (Å²) in [6.45, 7) is 2.57. The number of amides is 1. The molecule has 0 radical (unpaired) electrons. The van der Waals surface area contributed by atoms with Crippen LogP contribution in [0.15, 0.2) is 0 Å². The number of hydrogen-bond donors (Lipinski definition) is 1. The Morgan fingerprint density at radius 2 is 1.24 bits per heavy atom. The largest absolute Gasteiger partial charge is 0.462 e. The summed E-state index contributed by atoms with van der Waals surface area (Å²) in [6.07, 6.45) is -3.24. The summed E-state index contributed by atoms with van der Waals surface area (Å²) in [7, 11) is 0. The van der Waals surface area contributed by atoms with E-state index in [9.17, 15) is 28.8 Å². The summed E-state index contributed by atoms with van der Waals surface area (Å²) in [6, 6.07) is 0. The molecule has 0 spiro atoms. The van der Waals surface area contributed by atoms with Crippen LogP contribution in [0.2, 0.25) is 0 Å². The van der Waals surface area contributed by atoms with E-state index in [4.69, 9.17) is 37.4 Å². The standard InChI is InChI=1S/C18H14Cl2I3NO9/c1-5(25)31-4-8(32-6(2)26)15(33-7(3)27)18(30)24-14-12(22)9(16(19)28)11(21)10(13(14)23)17(20)29/h8,15H,4H2,1-3H3,(H,24,30). The molecule has 2 unspecified atom stereocenters. The van der Waals surface area contributed by atoms with Crippen molar-refractivity contribution in [2.24, 2.45) is 0 Å². The van der Waals surface area contributed by atoms with E-state index >= 15 is 0 Å². The third kappa shape index (κ3) is 8.43. The van der Waals surface area contributed by atoms with Gasteiger partial charge in [0.05, 0.1) is 24.0 Å². The first-order valence-electron chi connectivity index (χ1n) is 8.57. The Morgan fingerprint density at radius 1 is 0.788 bits per heavy atom. The topological polar surface area (TPSA) is 142 Å². The van der Waals surface area contributed by atoms with Crippen molar-refractivity contribution < 1.29 is 43.0 Å². The van der Waals surface area contributed by atoms with Gasteiger partial charge >= 0.3 is 17.9 Å². The van der Waals surface area contributed by atoms with Crippen LogP contribution in [0, 0.1) is 10.7 Å². The predicted octanol–water partition coefficient (Wildman–Crippen LogP) is 3.62. The summed E-state index contributed by atoms with van der Waals surface area (Å²) in [5.74, 6) is -3.45. The molecule has 1 aromatic rings. The lowest BCUT2D eigenvalue weighted by Gasteiger charge is -2.26. The van der Waals surface area contributed by atoms with Gasteiger partial charge in [-0.1, -0.05) is 0 Å². The number of nitrogens with one attached hydrogen (secondary N) is 1. The zero-order valence-corrected chi connectivity index (χ0v) is 24.9. The van der Waals surface area contributed by atoms with Crippen LogP contribution in [0.4, 0.5) is 5.69 Å². The summed E-state index contributed by atoms with van der Waals surface area (Å²) in [5, 5.41) is 0.648. The van der Waals surface area contributed by atoms with E-state index < -0.39 is 53.1 Å². The van der Waals surface area contributed by atoms with Gasteiger partial charge in [-0.2, -0.15) is 0 Å². The predicted molar refractivity (Wildman–Crippen MR) is 141 cm³/mol. The second-order valence-electron chi connectivity index (χ2n) is 6.08. The molecular weight excluding hydrogens is 826 g/mol. The van der Waals surface area contributed by atoms with Crippen LogP contribution < -0.4 is 5.32 Å². The molecule has 0 fully saturated rings. The van der Waals surface area contributed by atoms with Gasteiger partial charge in [0, 0.05) is 24.3 Å². The molecule has 0 saturated carbocycles. The van der Waals surface area contributed by atoms with Crippen molar-refractivity contribution in [2.75, 3.05) is 11.9 Å². The Morgan fingerprint density at radius 3 is 1.61 bits per heavy atom. The summed E-state index contributed by atoms with van der Waals surface area (Å²) < 4.78 is 15.4. The quantitative estimate of drug-likeness (QED) is 0.171. The molecule has 10 nitrogen and oxygen atoms in total. The second kappa shape index (κ2) is 13.3. The Hall–Kier alpha value is -0.790.